The average molecular weight is 300 g/mol. The number of amides is 1. The van der Waals surface area contributed by atoms with Gasteiger partial charge in [0.1, 0.15) is 0 Å². The summed E-state index contributed by atoms with van der Waals surface area (Å²) in [5.41, 5.74) is 8.47. The third kappa shape index (κ3) is 3.45. The van der Waals surface area contributed by atoms with Gasteiger partial charge in [-0.05, 0) is 67.6 Å². The first kappa shape index (κ1) is 15.4. The first-order valence-electron chi connectivity index (χ1n) is 8.59. The van der Waals surface area contributed by atoms with Crippen molar-refractivity contribution in [3.63, 3.8) is 0 Å². The molecule has 3 heteroatoms. The van der Waals surface area contributed by atoms with E-state index in [2.05, 4.69) is 43.4 Å². The normalized spacial score (nSPS) is 27.9. The molecule has 3 N–H and O–H groups in total. The predicted octanol–water partition coefficient (Wildman–Crippen LogP) is 4.05. The maximum absolute atomic E-state index is 11.0. The van der Waals surface area contributed by atoms with Crippen molar-refractivity contribution < 1.29 is 4.79 Å². The Morgan fingerprint density at radius 3 is 2.27 bits per heavy atom. The molecule has 22 heavy (non-hydrogen) atoms. The Hall–Kier alpha value is -1.51. The predicted molar refractivity (Wildman–Crippen MR) is 90.8 cm³/mol. The minimum Gasteiger partial charge on any atom is -0.382 e. The molecule has 2 saturated carbocycles. The molecule has 0 heterocycles. The summed E-state index contributed by atoms with van der Waals surface area (Å²) in [4.78, 5) is 11.0. The second-order valence-electron chi connectivity index (χ2n) is 7.97. The van der Waals surface area contributed by atoms with Crippen LogP contribution in [0.1, 0.15) is 63.9 Å². The van der Waals surface area contributed by atoms with Crippen molar-refractivity contribution >= 4 is 11.6 Å². The maximum atomic E-state index is 11.0. The van der Waals surface area contributed by atoms with Gasteiger partial charge in [0.2, 0.25) is 5.91 Å². The van der Waals surface area contributed by atoms with Crippen LogP contribution in [0.3, 0.4) is 0 Å². The van der Waals surface area contributed by atoms with E-state index in [1.54, 1.807) is 0 Å². The molecule has 0 aliphatic heterocycles. The standard InChI is InChI=1S/C19H28N2O/c1-19(2)9-7-14(8-10-19)13-3-5-16(6-4-13)21-17-11-15(12-17)18(20)22/h3-6,14-15,17,21H,7-12H2,1-2H3,(H2,20,22). The van der Waals surface area contributed by atoms with E-state index >= 15 is 0 Å². The van der Waals surface area contributed by atoms with E-state index in [0.29, 0.717) is 11.5 Å². The van der Waals surface area contributed by atoms with Gasteiger partial charge in [0.15, 0.2) is 0 Å². The van der Waals surface area contributed by atoms with Crippen LogP contribution < -0.4 is 11.1 Å². The molecule has 0 bridgehead atoms. The highest BCUT2D eigenvalue weighted by Crippen LogP contribution is 2.42. The Morgan fingerprint density at radius 1 is 1.14 bits per heavy atom. The molecule has 0 radical (unpaired) electrons. The molecular formula is C19H28N2O. The van der Waals surface area contributed by atoms with E-state index < -0.39 is 0 Å². The van der Waals surface area contributed by atoms with Crippen molar-refractivity contribution in [2.24, 2.45) is 17.1 Å². The molecule has 0 spiro atoms. The number of nitrogens with two attached hydrogens (primary N) is 1. The number of carbonyl (C=O) groups excluding carboxylic acids is 1. The highest BCUT2D eigenvalue weighted by molar-refractivity contribution is 5.78. The SMILES string of the molecule is CC1(C)CCC(c2ccc(NC3CC(C(N)=O)C3)cc2)CC1. The smallest absolute Gasteiger partial charge is 0.220 e. The van der Waals surface area contributed by atoms with Crippen LogP contribution >= 0.6 is 0 Å². The molecule has 0 atom stereocenters. The second-order valence-corrected chi connectivity index (χ2v) is 7.97. The minimum atomic E-state index is -0.159. The molecule has 2 aliphatic rings. The zero-order valence-electron chi connectivity index (χ0n) is 13.8. The fraction of sp³-hybridized carbons (Fsp3) is 0.632. The Balaban J connectivity index is 1.52. The van der Waals surface area contributed by atoms with Crippen LogP contribution in [0.4, 0.5) is 5.69 Å². The van der Waals surface area contributed by atoms with Gasteiger partial charge in [-0.2, -0.15) is 0 Å². The monoisotopic (exact) mass is 300 g/mol. The maximum Gasteiger partial charge on any atom is 0.220 e. The summed E-state index contributed by atoms with van der Waals surface area (Å²) < 4.78 is 0. The number of hydrogen-bond donors (Lipinski definition) is 2. The summed E-state index contributed by atoms with van der Waals surface area (Å²) >= 11 is 0. The van der Waals surface area contributed by atoms with Crippen molar-refractivity contribution in [1.29, 1.82) is 0 Å². The lowest BCUT2D eigenvalue weighted by Crippen LogP contribution is -2.42. The summed E-state index contributed by atoms with van der Waals surface area (Å²) in [5.74, 6) is 0.640. The first-order valence-corrected chi connectivity index (χ1v) is 8.59. The first-order chi connectivity index (χ1) is 10.4. The summed E-state index contributed by atoms with van der Waals surface area (Å²) in [7, 11) is 0. The van der Waals surface area contributed by atoms with Gasteiger partial charge >= 0.3 is 0 Å². The topological polar surface area (TPSA) is 55.1 Å². The van der Waals surface area contributed by atoms with Crippen molar-refractivity contribution in [2.75, 3.05) is 5.32 Å². The highest BCUT2D eigenvalue weighted by Gasteiger charge is 2.33. The lowest BCUT2D eigenvalue weighted by Gasteiger charge is -2.35. The largest absolute Gasteiger partial charge is 0.382 e. The van der Waals surface area contributed by atoms with E-state index in [1.807, 2.05) is 0 Å². The Labute approximate surface area is 133 Å². The van der Waals surface area contributed by atoms with Gasteiger partial charge in [0.05, 0.1) is 0 Å². The third-order valence-electron chi connectivity index (χ3n) is 5.63. The fourth-order valence-corrected chi connectivity index (χ4v) is 3.79. The number of hydrogen-bond acceptors (Lipinski definition) is 2. The summed E-state index contributed by atoms with van der Waals surface area (Å²) in [6.07, 6.45) is 7.01. The van der Waals surface area contributed by atoms with E-state index in [9.17, 15) is 4.79 Å². The van der Waals surface area contributed by atoms with E-state index in [4.69, 9.17) is 5.73 Å². The number of carbonyl (C=O) groups is 1. The third-order valence-corrected chi connectivity index (χ3v) is 5.63. The number of nitrogens with one attached hydrogen (secondary N) is 1. The van der Waals surface area contributed by atoms with Crippen LogP contribution in [0.5, 0.6) is 0 Å². The molecule has 1 amide bonds. The Morgan fingerprint density at radius 2 is 1.73 bits per heavy atom. The summed E-state index contributed by atoms with van der Waals surface area (Å²) in [6.45, 7) is 4.77. The molecule has 2 fully saturated rings. The van der Waals surface area contributed by atoms with Gasteiger partial charge in [0, 0.05) is 17.6 Å². The Kier molecular flexibility index (Phi) is 4.16. The number of anilines is 1. The zero-order chi connectivity index (χ0) is 15.7. The van der Waals surface area contributed by atoms with Crippen molar-refractivity contribution in [1.82, 2.24) is 0 Å². The van der Waals surface area contributed by atoms with Crippen molar-refractivity contribution in [2.45, 2.75) is 64.3 Å². The van der Waals surface area contributed by atoms with E-state index in [1.165, 1.54) is 31.2 Å². The van der Waals surface area contributed by atoms with Gasteiger partial charge in [-0.25, -0.2) is 0 Å². The molecule has 0 aromatic heterocycles. The molecular weight excluding hydrogens is 272 g/mol. The van der Waals surface area contributed by atoms with Gasteiger partial charge in [-0.3, -0.25) is 4.79 Å². The van der Waals surface area contributed by atoms with Crippen LogP contribution in [-0.4, -0.2) is 11.9 Å². The molecule has 2 aliphatic carbocycles. The number of primary amides is 1. The molecule has 0 saturated heterocycles. The van der Waals surface area contributed by atoms with Gasteiger partial charge < -0.3 is 11.1 Å². The summed E-state index contributed by atoms with van der Waals surface area (Å²) in [5, 5.41) is 3.50. The molecule has 1 aromatic rings. The van der Waals surface area contributed by atoms with E-state index in [0.717, 1.165) is 24.4 Å². The lowest BCUT2D eigenvalue weighted by atomic mass is 9.71. The van der Waals surface area contributed by atoms with Crippen molar-refractivity contribution in [3.8, 4) is 0 Å². The van der Waals surface area contributed by atoms with Crippen molar-refractivity contribution in [3.05, 3.63) is 29.8 Å². The van der Waals surface area contributed by atoms with Crippen LogP contribution in [0.15, 0.2) is 24.3 Å². The number of rotatable bonds is 4. The lowest BCUT2D eigenvalue weighted by molar-refractivity contribution is -0.124. The highest BCUT2D eigenvalue weighted by atomic mass is 16.1. The van der Waals surface area contributed by atoms with Crippen LogP contribution in [0.2, 0.25) is 0 Å². The van der Waals surface area contributed by atoms with Gasteiger partial charge in [-0.15, -0.1) is 0 Å². The molecule has 120 valence electrons. The fourth-order valence-electron chi connectivity index (χ4n) is 3.79. The van der Waals surface area contributed by atoms with Crippen LogP contribution in [0, 0.1) is 11.3 Å². The molecule has 1 aromatic carbocycles. The quantitative estimate of drug-likeness (QED) is 0.881. The molecule has 3 rings (SSSR count). The molecule has 3 nitrogen and oxygen atoms in total. The summed E-state index contributed by atoms with van der Waals surface area (Å²) in [6, 6.07) is 9.32. The van der Waals surface area contributed by atoms with Crippen LogP contribution in [-0.2, 0) is 4.79 Å². The molecule has 0 unspecified atom stereocenters. The zero-order valence-corrected chi connectivity index (χ0v) is 13.8. The minimum absolute atomic E-state index is 0.0716. The Bertz CT molecular complexity index is 519. The number of benzene rings is 1. The van der Waals surface area contributed by atoms with E-state index in [-0.39, 0.29) is 11.8 Å². The average Bonchev–Trinajstić information content (AvgIpc) is 2.43. The van der Waals surface area contributed by atoms with Gasteiger partial charge in [-0.1, -0.05) is 26.0 Å². The van der Waals surface area contributed by atoms with Gasteiger partial charge in [0.25, 0.3) is 0 Å². The second kappa shape index (κ2) is 5.94. The van der Waals surface area contributed by atoms with Crippen LogP contribution in [0.25, 0.3) is 0 Å².